The largest absolute Gasteiger partial charge is 0.491 e. The van der Waals surface area contributed by atoms with Gasteiger partial charge in [0.15, 0.2) is 5.13 Å². The van der Waals surface area contributed by atoms with Crippen LogP contribution in [0.25, 0.3) is 21.5 Å². The Bertz CT molecular complexity index is 1270. The van der Waals surface area contributed by atoms with E-state index >= 15 is 0 Å². The minimum Gasteiger partial charge on any atom is -0.491 e. The number of nitrogens with one attached hydrogen (secondary N) is 1. The smallest absolute Gasteiger partial charge is 0.221 e. The van der Waals surface area contributed by atoms with E-state index in [2.05, 4.69) is 30.9 Å². The molecule has 0 saturated heterocycles. The molecule has 0 aliphatic carbocycles. The van der Waals surface area contributed by atoms with Crippen LogP contribution in [0.4, 0.5) is 16.9 Å². The maximum Gasteiger partial charge on any atom is 0.221 e. The van der Waals surface area contributed by atoms with E-state index in [1.807, 2.05) is 24.4 Å². The first-order valence-electron chi connectivity index (χ1n) is 9.27. The van der Waals surface area contributed by atoms with Crippen molar-refractivity contribution < 1.29 is 4.74 Å². The summed E-state index contributed by atoms with van der Waals surface area (Å²) >= 11 is 1.37. The van der Waals surface area contributed by atoms with Crippen LogP contribution in [-0.4, -0.2) is 39.3 Å². The molecule has 1 aliphatic rings. The van der Waals surface area contributed by atoms with Crippen molar-refractivity contribution >= 4 is 44.8 Å². The highest BCUT2D eigenvalue weighted by molar-refractivity contribution is 7.21. The van der Waals surface area contributed by atoms with E-state index in [9.17, 15) is 0 Å². The zero-order chi connectivity index (χ0) is 20.7. The lowest BCUT2D eigenvalue weighted by Gasteiger charge is -2.22. The van der Waals surface area contributed by atoms with E-state index in [-0.39, 0.29) is 5.95 Å². The minimum absolute atomic E-state index is 0.177. The maximum absolute atomic E-state index is 7.66. The molecule has 0 fully saturated rings. The van der Waals surface area contributed by atoms with Crippen molar-refractivity contribution in [2.45, 2.75) is 6.54 Å². The van der Waals surface area contributed by atoms with E-state index in [1.54, 1.807) is 6.20 Å². The Balaban J connectivity index is 1.53. The first-order valence-corrected chi connectivity index (χ1v) is 10.1. The van der Waals surface area contributed by atoms with Gasteiger partial charge >= 0.3 is 0 Å². The topological polar surface area (TPSA) is 140 Å². The highest BCUT2D eigenvalue weighted by Gasteiger charge is 2.20. The molecule has 0 bridgehead atoms. The van der Waals surface area contributed by atoms with Crippen molar-refractivity contribution in [2.24, 2.45) is 0 Å². The Labute approximate surface area is 175 Å². The van der Waals surface area contributed by atoms with Crippen LogP contribution in [-0.2, 0) is 6.54 Å². The fraction of sp³-hybridized carbons (Fsp3) is 0.150. The molecule has 9 nitrogen and oxygen atoms in total. The third-order valence-corrected chi connectivity index (χ3v) is 5.72. The average Bonchev–Trinajstić information content (AvgIpc) is 2.99. The first-order chi connectivity index (χ1) is 14.6. The van der Waals surface area contributed by atoms with Gasteiger partial charge in [-0.05, 0) is 23.8 Å². The number of thiazole rings is 1. The lowest BCUT2D eigenvalue weighted by molar-refractivity contribution is 0.331. The van der Waals surface area contributed by atoms with Gasteiger partial charge in [0, 0.05) is 36.3 Å². The molecule has 0 amide bonds. The fourth-order valence-electron chi connectivity index (χ4n) is 3.50. The Kier molecular flexibility index (Phi) is 4.40. The summed E-state index contributed by atoms with van der Waals surface area (Å²) < 4.78 is 5.95. The van der Waals surface area contributed by atoms with E-state index in [0.29, 0.717) is 36.2 Å². The number of ether oxygens (including phenoxy) is 1. The van der Waals surface area contributed by atoms with Crippen LogP contribution in [0.1, 0.15) is 11.1 Å². The van der Waals surface area contributed by atoms with Crippen molar-refractivity contribution in [2.75, 3.05) is 29.5 Å². The molecular formula is C20H18N8OS. The molecule has 0 unspecified atom stereocenters. The van der Waals surface area contributed by atoms with Gasteiger partial charge in [-0.2, -0.15) is 4.98 Å². The normalized spacial score (nSPS) is 13.5. The quantitative estimate of drug-likeness (QED) is 0.431. The second-order valence-corrected chi connectivity index (χ2v) is 7.85. The van der Waals surface area contributed by atoms with Crippen molar-refractivity contribution in [1.82, 2.24) is 19.9 Å². The molecule has 5 N–H and O–H groups in total. The predicted octanol–water partition coefficient (Wildman–Crippen LogP) is 2.71. The summed E-state index contributed by atoms with van der Waals surface area (Å²) in [4.78, 5) is 20.0. The van der Waals surface area contributed by atoms with E-state index < -0.39 is 0 Å². The molecule has 10 heteroatoms. The third kappa shape index (κ3) is 3.26. The van der Waals surface area contributed by atoms with Gasteiger partial charge in [-0.1, -0.05) is 17.4 Å². The minimum atomic E-state index is 0.177. The lowest BCUT2D eigenvalue weighted by Crippen LogP contribution is -2.27. The zero-order valence-corrected chi connectivity index (χ0v) is 16.7. The Morgan fingerprint density at radius 2 is 2.00 bits per heavy atom. The van der Waals surface area contributed by atoms with Crippen molar-refractivity contribution in [3.8, 4) is 16.9 Å². The second kappa shape index (κ2) is 7.23. The number of nitrogen functional groups attached to an aromatic ring is 2. The number of hydrogen-bond acceptors (Lipinski definition) is 10. The van der Waals surface area contributed by atoms with E-state index in [4.69, 9.17) is 21.6 Å². The maximum atomic E-state index is 7.66. The highest BCUT2D eigenvalue weighted by Crippen LogP contribution is 2.32. The number of hydrogen-bond donors (Lipinski definition) is 3. The summed E-state index contributed by atoms with van der Waals surface area (Å²) in [5.41, 5.74) is 16.0. The molecule has 5 rings (SSSR count). The summed E-state index contributed by atoms with van der Waals surface area (Å²) in [6.07, 6.45) is 4.63. The highest BCUT2D eigenvalue weighted by atomic mass is 32.1. The van der Waals surface area contributed by atoms with Gasteiger partial charge in [0.25, 0.3) is 0 Å². The van der Waals surface area contributed by atoms with Crippen LogP contribution >= 0.6 is 11.3 Å². The Morgan fingerprint density at radius 1 is 1.10 bits per heavy atom. The van der Waals surface area contributed by atoms with Crippen LogP contribution in [0.3, 0.4) is 0 Å². The van der Waals surface area contributed by atoms with Gasteiger partial charge in [-0.15, -0.1) is 0 Å². The van der Waals surface area contributed by atoms with Gasteiger partial charge in [-0.3, -0.25) is 0 Å². The van der Waals surface area contributed by atoms with E-state index in [1.165, 1.54) is 17.6 Å². The predicted molar refractivity (Wildman–Crippen MR) is 118 cm³/mol. The monoisotopic (exact) mass is 418 g/mol. The molecule has 0 saturated carbocycles. The molecule has 0 atom stereocenters. The molecular weight excluding hydrogens is 400 g/mol. The van der Waals surface area contributed by atoms with Crippen molar-refractivity contribution in [3.63, 3.8) is 0 Å². The van der Waals surface area contributed by atoms with E-state index in [0.717, 1.165) is 32.8 Å². The van der Waals surface area contributed by atoms with Crippen LogP contribution in [0.15, 0.2) is 36.7 Å². The number of nitrogens with two attached hydrogens (primary N) is 2. The summed E-state index contributed by atoms with van der Waals surface area (Å²) in [6, 6.07) is 8.06. The molecule has 30 heavy (non-hydrogen) atoms. The second-order valence-electron chi connectivity index (χ2n) is 6.84. The fourth-order valence-corrected chi connectivity index (χ4v) is 4.16. The molecule has 150 valence electrons. The van der Waals surface area contributed by atoms with Gasteiger partial charge < -0.3 is 26.5 Å². The molecule has 0 spiro atoms. The van der Waals surface area contributed by atoms with Crippen molar-refractivity contribution in [1.29, 1.82) is 5.41 Å². The van der Waals surface area contributed by atoms with Gasteiger partial charge in [0.1, 0.15) is 28.5 Å². The number of rotatable bonds is 3. The van der Waals surface area contributed by atoms with Crippen LogP contribution in [0.2, 0.25) is 0 Å². The van der Waals surface area contributed by atoms with Crippen molar-refractivity contribution in [3.05, 3.63) is 47.8 Å². The molecule has 1 aromatic carbocycles. The molecule has 1 aliphatic heterocycles. The SMILES string of the molecule is N=Cc1cnc(N)nc1N1CCOc2ccc(-c3cnc4sc(N)nc4c3)cc2C1. The molecule has 0 radical (unpaired) electrons. The van der Waals surface area contributed by atoms with Gasteiger partial charge in [0.2, 0.25) is 5.95 Å². The number of fused-ring (bicyclic) bond motifs is 2. The number of anilines is 3. The number of nitrogens with zero attached hydrogens (tertiary/aromatic N) is 5. The standard InChI is InChI=1S/C20H18N8OS/c21-7-14-9-25-19(22)27-17(14)28-3-4-29-16-2-1-11(5-13(16)10-28)12-6-15-18(24-8-12)30-20(23)26-15/h1-2,5-9,21H,3-4,10H2,(H2,23,26)(H2,22,25,27). The summed E-state index contributed by atoms with van der Waals surface area (Å²) in [5, 5.41) is 8.17. The van der Waals surface area contributed by atoms with Crippen LogP contribution in [0, 0.1) is 5.41 Å². The number of aromatic nitrogens is 4. The Hall–Kier alpha value is -3.79. The molecule has 4 aromatic rings. The molecule has 3 aromatic heterocycles. The first kappa shape index (κ1) is 18.3. The summed E-state index contributed by atoms with van der Waals surface area (Å²) in [7, 11) is 0. The van der Waals surface area contributed by atoms with Gasteiger partial charge in [-0.25, -0.2) is 15.0 Å². The third-order valence-electron chi connectivity index (χ3n) is 4.91. The summed E-state index contributed by atoms with van der Waals surface area (Å²) in [6.45, 7) is 1.69. The van der Waals surface area contributed by atoms with Gasteiger partial charge in [0.05, 0.1) is 12.1 Å². The number of pyridine rings is 1. The van der Waals surface area contributed by atoms with Crippen LogP contribution in [0.5, 0.6) is 5.75 Å². The van der Waals surface area contributed by atoms with Crippen LogP contribution < -0.4 is 21.1 Å². The average molecular weight is 418 g/mol. The number of benzene rings is 1. The lowest BCUT2D eigenvalue weighted by atomic mass is 10.0. The Morgan fingerprint density at radius 3 is 2.87 bits per heavy atom. The molecule has 4 heterocycles. The zero-order valence-electron chi connectivity index (χ0n) is 15.9. The summed E-state index contributed by atoms with van der Waals surface area (Å²) in [5.74, 6) is 1.63.